The largest absolute Gasteiger partial charge is 0.466 e. The third kappa shape index (κ3) is 4.53. The lowest BCUT2D eigenvalue weighted by Gasteiger charge is -2.18. The molecule has 0 radical (unpaired) electrons. The van der Waals surface area contributed by atoms with Gasteiger partial charge < -0.3 is 9.32 Å². The van der Waals surface area contributed by atoms with Crippen LogP contribution in [0.2, 0.25) is 0 Å². The maximum atomic E-state index is 5.68. The van der Waals surface area contributed by atoms with E-state index < -0.39 is 0 Å². The Hall–Kier alpha value is -1.55. The summed E-state index contributed by atoms with van der Waals surface area (Å²) in [4.78, 5) is 2.38. The number of rotatable bonds is 8. The van der Waals surface area contributed by atoms with E-state index in [4.69, 9.17) is 4.42 Å². The maximum Gasteiger partial charge on any atom is 0.107 e. The molecule has 0 N–H and O–H groups in total. The third-order valence-electron chi connectivity index (χ3n) is 3.68. The standard InChI is InChI=1S/C16H25N3O/c1-14(16-7-6-15(2)20-16)8-13-18(3)10-5-12-19-11-4-9-17-19/h4,6-7,9,11,14H,5,8,10,12-13H2,1-3H3/t14-/m0/s1. The second kappa shape index (κ2) is 7.29. The van der Waals surface area contributed by atoms with Gasteiger partial charge in [0, 0.05) is 24.9 Å². The van der Waals surface area contributed by atoms with Crippen LogP contribution in [0, 0.1) is 6.92 Å². The van der Waals surface area contributed by atoms with Crippen molar-refractivity contribution < 1.29 is 4.42 Å². The molecule has 0 bridgehead atoms. The molecule has 0 spiro atoms. The zero-order valence-corrected chi connectivity index (χ0v) is 12.7. The topological polar surface area (TPSA) is 34.2 Å². The van der Waals surface area contributed by atoms with Gasteiger partial charge in [0.15, 0.2) is 0 Å². The van der Waals surface area contributed by atoms with Gasteiger partial charge in [0.05, 0.1) is 0 Å². The summed E-state index contributed by atoms with van der Waals surface area (Å²) in [7, 11) is 2.18. The zero-order valence-electron chi connectivity index (χ0n) is 12.7. The van der Waals surface area contributed by atoms with Gasteiger partial charge in [-0.25, -0.2) is 0 Å². The van der Waals surface area contributed by atoms with E-state index >= 15 is 0 Å². The van der Waals surface area contributed by atoms with Crippen LogP contribution in [0.4, 0.5) is 0 Å². The van der Waals surface area contributed by atoms with Gasteiger partial charge in [-0.15, -0.1) is 0 Å². The van der Waals surface area contributed by atoms with E-state index in [1.54, 1.807) is 0 Å². The average Bonchev–Trinajstić information content (AvgIpc) is 3.07. The number of aromatic nitrogens is 2. The fourth-order valence-corrected chi connectivity index (χ4v) is 2.32. The van der Waals surface area contributed by atoms with E-state index in [-0.39, 0.29) is 0 Å². The van der Waals surface area contributed by atoms with Crippen molar-refractivity contribution in [1.29, 1.82) is 0 Å². The van der Waals surface area contributed by atoms with Crippen LogP contribution in [0.15, 0.2) is 35.0 Å². The molecular weight excluding hydrogens is 250 g/mol. The van der Waals surface area contributed by atoms with E-state index in [0.29, 0.717) is 5.92 Å². The SMILES string of the molecule is Cc1ccc([C@@H](C)CCN(C)CCCn2cccn2)o1. The second-order valence-corrected chi connectivity index (χ2v) is 5.56. The Labute approximate surface area is 121 Å². The molecule has 4 heteroatoms. The van der Waals surface area contributed by atoms with Crippen LogP contribution < -0.4 is 0 Å². The smallest absolute Gasteiger partial charge is 0.107 e. The lowest BCUT2D eigenvalue weighted by molar-refractivity contribution is 0.300. The third-order valence-corrected chi connectivity index (χ3v) is 3.68. The van der Waals surface area contributed by atoms with Gasteiger partial charge in [-0.3, -0.25) is 4.68 Å². The molecule has 1 atom stereocenters. The van der Waals surface area contributed by atoms with Crippen molar-refractivity contribution in [3.05, 3.63) is 42.1 Å². The first kappa shape index (κ1) is 14.9. The molecule has 2 aromatic heterocycles. The zero-order chi connectivity index (χ0) is 14.4. The van der Waals surface area contributed by atoms with Gasteiger partial charge >= 0.3 is 0 Å². The number of hydrogen-bond donors (Lipinski definition) is 0. The summed E-state index contributed by atoms with van der Waals surface area (Å²) in [6, 6.07) is 6.11. The highest BCUT2D eigenvalue weighted by Crippen LogP contribution is 2.21. The first-order valence-electron chi connectivity index (χ1n) is 7.37. The van der Waals surface area contributed by atoms with Crippen LogP contribution in [0.1, 0.15) is 37.2 Å². The second-order valence-electron chi connectivity index (χ2n) is 5.56. The molecule has 0 saturated carbocycles. The van der Waals surface area contributed by atoms with Gasteiger partial charge in [-0.2, -0.15) is 5.10 Å². The minimum absolute atomic E-state index is 0.484. The van der Waals surface area contributed by atoms with Gasteiger partial charge in [0.25, 0.3) is 0 Å². The number of aryl methyl sites for hydroxylation is 2. The predicted octanol–water partition coefficient (Wildman–Crippen LogP) is 3.30. The first-order chi connectivity index (χ1) is 9.65. The summed E-state index contributed by atoms with van der Waals surface area (Å²) in [5.74, 6) is 2.59. The molecule has 2 aromatic rings. The summed E-state index contributed by atoms with van der Waals surface area (Å²) >= 11 is 0. The van der Waals surface area contributed by atoms with Gasteiger partial charge in [-0.1, -0.05) is 6.92 Å². The van der Waals surface area contributed by atoms with E-state index in [1.807, 2.05) is 36.1 Å². The van der Waals surface area contributed by atoms with Crippen LogP contribution in [0.5, 0.6) is 0 Å². The van der Waals surface area contributed by atoms with Gasteiger partial charge in [0.2, 0.25) is 0 Å². The molecule has 0 saturated heterocycles. The van der Waals surface area contributed by atoms with Crippen molar-refractivity contribution >= 4 is 0 Å². The molecule has 0 fully saturated rings. The van der Waals surface area contributed by atoms with E-state index in [0.717, 1.165) is 44.0 Å². The van der Waals surface area contributed by atoms with Crippen LogP contribution in [-0.4, -0.2) is 34.8 Å². The predicted molar refractivity (Wildman–Crippen MR) is 80.8 cm³/mol. The van der Waals surface area contributed by atoms with Crippen molar-refractivity contribution in [2.75, 3.05) is 20.1 Å². The van der Waals surface area contributed by atoms with Crippen LogP contribution >= 0.6 is 0 Å². The summed E-state index contributed by atoms with van der Waals surface area (Å²) in [6.45, 7) is 7.42. The minimum Gasteiger partial charge on any atom is -0.466 e. The molecule has 0 amide bonds. The fraction of sp³-hybridized carbons (Fsp3) is 0.562. The molecule has 0 aliphatic carbocycles. The number of nitrogens with zero attached hydrogens (tertiary/aromatic N) is 3. The Kier molecular flexibility index (Phi) is 5.41. The normalized spacial score (nSPS) is 13.0. The Morgan fingerprint density at radius 2 is 2.20 bits per heavy atom. The maximum absolute atomic E-state index is 5.68. The molecule has 20 heavy (non-hydrogen) atoms. The number of furan rings is 1. The van der Waals surface area contributed by atoms with E-state index in [1.165, 1.54) is 0 Å². The van der Waals surface area contributed by atoms with Crippen LogP contribution in [0.25, 0.3) is 0 Å². The Bertz CT molecular complexity index is 490. The minimum atomic E-state index is 0.484. The Morgan fingerprint density at radius 1 is 1.35 bits per heavy atom. The van der Waals surface area contributed by atoms with Crippen molar-refractivity contribution in [3.8, 4) is 0 Å². The quantitative estimate of drug-likeness (QED) is 0.741. The highest BCUT2D eigenvalue weighted by atomic mass is 16.3. The van der Waals surface area contributed by atoms with Crippen molar-refractivity contribution in [2.24, 2.45) is 0 Å². The van der Waals surface area contributed by atoms with E-state index in [9.17, 15) is 0 Å². The molecule has 0 aliphatic heterocycles. The molecule has 0 aliphatic rings. The Balaban J connectivity index is 1.63. The van der Waals surface area contributed by atoms with Crippen LogP contribution in [0.3, 0.4) is 0 Å². The first-order valence-corrected chi connectivity index (χ1v) is 7.37. The molecular formula is C16H25N3O. The van der Waals surface area contributed by atoms with Crippen LogP contribution in [-0.2, 0) is 6.54 Å². The highest BCUT2D eigenvalue weighted by molar-refractivity contribution is 5.09. The van der Waals surface area contributed by atoms with Gasteiger partial charge in [0.1, 0.15) is 11.5 Å². The van der Waals surface area contributed by atoms with Crippen molar-refractivity contribution in [3.63, 3.8) is 0 Å². The molecule has 0 unspecified atom stereocenters. The summed E-state index contributed by atoms with van der Waals surface area (Å²) < 4.78 is 7.67. The summed E-state index contributed by atoms with van der Waals surface area (Å²) in [6.07, 6.45) is 6.11. The number of hydrogen-bond acceptors (Lipinski definition) is 3. The highest BCUT2D eigenvalue weighted by Gasteiger charge is 2.10. The Morgan fingerprint density at radius 3 is 2.85 bits per heavy atom. The molecule has 2 rings (SSSR count). The molecule has 110 valence electrons. The summed E-state index contributed by atoms with van der Waals surface area (Å²) in [5, 5.41) is 4.22. The van der Waals surface area contributed by atoms with Gasteiger partial charge in [-0.05, 0) is 58.1 Å². The monoisotopic (exact) mass is 275 g/mol. The molecule has 0 aromatic carbocycles. The summed E-state index contributed by atoms with van der Waals surface area (Å²) in [5.41, 5.74) is 0. The lowest BCUT2D eigenvalue weighted by Crippen LogP contribution is -2.23. The molecule has 2 heterocycles. The molecule has 4 nitrogen and oxygen atoms in total. The average molecular weight is 275 g/mol. The lowest BCUT2D eigenvalue weighted by atomic mass is 10.1. The fourth-order valence-electron chi connectivity index (χ4n) is 2.32. The van der Waals surface area contributed by atoms with Crippen molar-refractivity contribution in [1.82, 2.24) is 14.7 Å². The van der Waals surface area contributed by atoms with E-state index in [2.05, 4.69) is 30.0 Å². The van der Waals surface area contributed by atoms with Crippen molar-refractivity contribution in [2.45, 2.75) is 39.2 Å².